The van der Waals surface area contributed by atoms with E-state index in [1.807, 2.05) is 20.8 Å². The van der Waals surface area contributed by atoms with Crippen molar-refractivity contribution in [2.45, 2.75) is 26.3 Å². The van der Waals surface area contributed by atoms with Crippen LogP contribution in [0, 0.1) is 17.5 Å². The van der Waals surface area contributed by atoms with Crippen molar-refractivity contribution in [3.63, 3.8) is 0 Å². The van der Waals surface area contributed by atoms with Gasteiger partial charge in [-0.15, -0.1) is 0 Å². The molecule has 0 bridgehead atoms. The maximum absolute atomic E-state index is 13.3. The van der Waals surface area contributed by atoms with E-state index in [2.05, 4.69) is 5.32 Å². The van der Waals surface area contributed by atoms with Crippen molar-refractivity contribution in [1.82, 2.24) is 5.32 Å². The number of rotatable bonds is 3. The summed E-state index contributed by atoms with van der Waals surface area (Å²) in [5, 5.41) is 2.85. The Kier molecular flexibility index (Phi) is 3.93. The largest absolute Gasteiger partial charge is 0.305 e. The van der Waals surface area contributed by atoms with Crippen LogP contribution in [0.2, 0.25) is 0 Å². The Morgan fingerprint density at radius 3 is 2.29 bits per heavy atom. The number of hydrogen-bond acceptors (Lipinski definition) is 2. The molecule has 1 aromatic rings. The lowest BCUT2D eigenvalue weighted by atomic mass is 10.1. The molecule has 0 heterocycles. The number of hydrogen-bond donors (Lipinski definition) is 1. The molecule has 0 saturated carbocycles. The van der Waals surface area contributed by atoms with Crippen LogP contribution in [0.25, 0.3) is 0 Å². The van der Waals surface area contributed by atoms with Gasteiger partial charge in [0.2, 0.25) is 0 Å². The second-order valence-electron chi connectivity index (χ2n) is 4.75. The topological polar surface area (TPSA) is 29.1 Å². The Morgan fingerprint density at radius 1 is 1.18 bits per heavy atom. The molecule has 0 aliphatic heterocycles. The van der Waals surface area contributed by atoms with Crippen LogP contribution < -0.4 is 5.32 Å². The molecule has 1 N–H and O–H groups in total. The van der Waals surface area contributed by atoms with E-state index < -0.39 is 28.8 Å². The van der Waals surface area contributed by atoms with E-state index >= 15 is 0 Å². The highest BCUT2D eigenvalue weighted by Gasteiger charge is 2.20. The maximum Gasteiger partial charge on any atom is 0.195 e. The first-order chi connectivity index (χ1) is 7.72. The Hall–Kier alpha value is -1.36. The van der Waals surface area contributed by atoms with Gasteiger partial charge in [0.15, 0.2) is 23.2 Å². The van der Waals surface area contributed by atoms with Crippen molar-refractivity contribution in [2.24, 2.45) is 0 Å². The molecule has 0 atom stereocenters. The third kappa shape index (κ3) is 3.56. The zero-order valence-corrected chi connectivity index (χ0v) is 9.90. The molecule has 1 aromatic carbocycles. The summed E-state index contributed by atoms with van der Waals surface area (Å²) < 4.78 is 38.8. The Morgan fingerprint density at radius 2 is 1.76 bits per heavy atom. The predicted molar refractivity (Wildman–Crippen MR) is 58.4 cm³/mol. The van der Waals surface area contributed by atoms with Gasteiger partial charge in [-0.1, -0.05) is 0 Å². The number of halogens is 3. The predicted octanol–water partition coefficient (Wildman–Crippen LogP) is 2.67. The normalized spacial score (nSPS) is 11.6. The van der Waals surface area contributed by atoms with Crippen molar-refractivity contribution in [1.29, 1.82) is 0 Å². The van der Waals surface area contributed by atoms with E-state index in [0.717, 1.165) is 12.1 Å². The van der Waals surface area contributed by atoms with Crippen LogP contribution in [0.4, 0.5) is 13.2 Å². The van der Waals surface area contributed by atoms with Crippen LogP contribution in [0.5, 0.6) is 0 Å². The number of benzene rings is 1. The van der Waals surface area contributed by atoms with Crippen molar-refractivity contribution >= 4 is 5.78 Å². The van der Waals surface area contributed by atoms with Gasteiger partial charge in [-0.2, -0.15) is 0 Å². The van der Waals surface area contributed by atoms with Gasteiger partial charge in [0.1, 0.15) is 0 Å². The van der Waals surface area contributed by atoms with Gasteiger partial charge in [-0.05, 0) is 32.9 Å². The highest BCUT2D eigenvalue weighted by Crippen LogP contribution is 2.15. The van der Waals surface area contributed by atoms with Gasteiger partial charge in [-0.25, -0.2) is 13.2 Å². The highest BCUT2D eigenvalue weighted by molar-refractivity contribution is 5.97. The summed E-state index contributed by atoms with van der Waals surface area (Å²) >= 11 is 0. The van der Waals surface area contributed by atoms with Crippen molar-refractivity contribution in [3.8, 4) is 0 Å². The third-order valence-corrected chi connectivity index (χ3v) is 2.11. The lowest BCUT2D eigenvalue weighted by molar-refractivity contribution is 0.0977. The summed E-state index contributed by atoms with van der Waals surface area (Å²) in [4.78, 5) is 11.6. The molecule has 0 saturated heterocycles. The molecule has 0 radical (unpaired) electrons. The standard InChI is InChI=1S/C12H14F3NO/c1-12(2,3)16-6-9(17)7-4-5-8(13)11(15)10(7)14/h4-5,16H,6H2,1-3H3. The fourth-order valence-corrected chi connectivity index (χ4v) is 1.18. The Bertz CT molecular complexity index is 438. The van der Waals surface area contributed by atoms with Crippen LogP contribution in [0.15, 0.2) is 12.1 Å². The molecule has 2 nitrogen and oxygen atoms in total. The van der Waals surface area contributed by atoms with E-state index in [1.165, 1.54) is 0 Å². The van der Waals surface area contributed by atoms with Gasteiger partial charge >= 0.3 is 0 Å². The Labute approximate surface area is 97.8 Å². The average molecular weight is 245 g/mol. The molecule has 5 heteroatoms. The van der Waals surface area contributed by atoms with E-state index in [9.17, 15) is 18.0 Å². The molecule has 0 unspecified atom stereocenters. The lowest BCUT2D eigenvalue weighted by Crippen LogP contribution is -2.39. The molecule has 0 aliphatic rings. The van der Waals surface area contributed by atoms with Crippen LogP contribution in [-0.2, 0) is 0 Å². The molecule has 0 fully saturated rings. The maximum atomic E-state index is 13.3. The SMILES string of the molecule is CC(C)(C)NCC(=O)c1ccc(F)c(F)c1F. The van der Waals surface area contributed by atoms with Crippen LogP contribution in [-0.4, -0.2) is 17.9 Å². The van der Waals surface area contributed by atoms with Gasteiger partial charge in [0, 0.05) is 5.54 Å². The van der Waals surface area contributed by atoms with Gasteiger partial charge < -0.3 is 5.32 Å². The average Bonchev–Trinajstić information content (AvgIpc) is 2.22. The van der Waals surface area contributed by atoms with E-state index in [0.29, 0.717) is 0 Å². The van der Waals surface area contributed by atoms with Gasteiger partial charge in [0.25, 0.3) is 0 Å². The zero-order chi connectivity index (χ0) is 13.2. The number of carbonyl (C=O) groups is 1. The minimum Gasteiger partial charge on any atom is -0.305 e. The van der Waals surface area contributed by atoms with Crippen LogP contribution >= 0.6 is 0 Å². The minimum absolute atomic E-state index is 0.133. The lowest BCUT2D eigenvalue weighted by Gasteiger charge is -2.19. The molecule has 0 amide bonds. The number of nitrogens with one attached hydrogen (secondary N) is 1. The first-order valence-corrected chi connectivity index (χ1v) is 5.14. The van der Waals surface area contributed by atoms with E-state index in [1.54, 1.807) is 0 Å². The molecular weight excluding hydrogens is 231 g/mol. The van der Waals surface area contributed by atoms with Crippen LogP contribution in [0.1, 0.15) is 31.1 Å². The summed E-state index contributed by atoms with van der Waals surface area (Å²) in [6.45, 7) is 5.37. The second-order valence-corrected chi connectivity index (χ2v) is 4.75. The second kappa shape index (κ2) is 4.87. The highest BCUT2D eigenvalue weighted by atomic mass is 19.2. The first-order valence-electron chi connectivity index (χ1n) is 5.14. The van der Waals surface area contributed by atoms with E-state index in [-0.39, 0.29) is 12.1 Å². The molecule has 0 aromatic heterocycles. The first kappa shape index (κ1) is 13.7. The fraction of sp³-hybridized carbons (Fsp3) is 0.417. The van der Waals surface area contributed by atoms with Gasteiger partial charge in [0.05, 0.1) is 12.1 Å². The monoisotopic (exact) mass is 245 g/mol. The molecule has 0 spiro atoms. The summed E-state index contributed by atoms with van der Waals surface area (Å²) in [6, 6.07) is 1.68. The third-order valence-electron chi connectivity index (χ3n) is 2.11. The van der Waals surface area contributed by atoms with E-state index in [4.69, 9.17) is 0 Å². The van der Waals surface area contributed by atoms with Crippen molar-refractivity contribution in [2.75, 3.05) is 6.54 Å². The minimum atomic E-state index is -1.62. The van der Waals surface area contributed by atoms with Crippen LogP contribution in [0.3, 0.4) is 0 Å². The summed E-state index contributed by atoms with van der Waals surface area (Å²) in [5.74, 6) is -4.98. The summed E-state index contributed by atoms with van der Waals surface area (Å²) in [7, 11) is 0. The zero-order valence-electron chi connectivity index (χ0n) is 9.90. The molecular formula is C12H14F3NO. The number of Topliss-reactive ketones (excluding diaryl/α,β-unsaturated/α-hetero) is 1. The summed E-state index contributed by atoms with van der Waals surface area (Å²) in [6.07, 6.45) is 0. The molecule has 0 aliphatic carbocycles. The van der Waals surface area contributed by atoms with Gasteiger partial charge in [-0.3, -0.25) is 4.79 Å². The summed E-state index contributed by atoms with van der Waals surface area (Å²) in [5.41, 5.74) is -0.759. The Balaban J connectivity index is 2.87. The van der Waals surface area contributed by atoms with Crippen molar-refractivity contribution in [3.05, 3.63) is 35.1 Å². The fourth-order valence-electron chi connectivity index (χ4n) is 1.18. The van der Waals surface area contributed by atoms with Crippen molar-refractivity contribution < 1.29 is 18.0 Å². The molecule has 94 valence electrons. The number of carbonyl (C=O) groups excluding carboxylic acids is 1. The molecule has 1 rings (SSSR count). The number of ketones is 1. The smallest absolute Gasteiger partial charge is 0.195 e. The quantitative estimate of drug-likeness (QED) is 0.655. The molecule has 17 heavy (non-hydrogen) atoms.